The van der Waals surface area contributed by atoms with Crippen LogP contribution in [-0.4, -0.2) is 5.49 Å². The van der Waals surface area contributed by atoms with Crippen molar-refractivity contribution in [3.8, 4) is 0 Å². The van der Waals surface area contributed by atoms with Crippen LogP contribution in [0.15, 0.2) is 12.3 Å². The topological polar surface area (TPSA) is 12.0 Å². The summed E-state index contributed by atoms with van der Waals surface area (Å²) in [5, 5.41) is 2.76. The summed E-state index contributed by atoms with van der Waals surface area (Å²) in [7, 11) is 0. The van der Waals surface area contributed by atoms with Crippen molar-refractivity contribution >= 4 is 17.7 Å². The molecule has 0 saturated carbocycles. The Labute approximate surface area is 49.4 Å². The first kappa shape index (κ1) is 6.63. The van der Waals surface area contributed by atoms with Gasteiger partial charge in [-0.3, -0.25) is 0 Å². The van der Waals surface area contributed by atoms with Crippen LogP contribution in [0.3, 0.4) is 0 Å². The number of hydrogen-bond acceptors (Lipinski definition) is 1. The lowest BCUT2D eigenvalue weighted by molar-refractivity contribution is 1.19. The summed E-state index contributed by atoms with van der Waals surface area (Å²) in [4.78, 5) is 0. The molecule has 0 aliphatic heterocycles. The van der Waals surface area contributed by atoms with Gasteiger partial charge in [-0.05, 0) is 12.6 Å². The maximum Gasteiger partial charge on any atom is 0.0654 e. The molecule has 0 aliphatic carbocycles. The first-order valence-corrected chi connectivity index (χ1v) is 2.73. The molecule has 0 aromatic heterocycles. The van der Waals surface area contributed by atoms with E-state index in [0.29, 0.717) is 0 Å². The van der Waals surface area contributed by atoms with E-state index < -0.39 is 0 Å². The second-order valence-electron chi connectivity index (χ2n) is 1.10. The molecule has 0 radical (unpaired) electrons. The quantitative estimate of drug-likeness (QED) is 0.559. The van der Waals surface area contributed by atoms with E-state index in [4.69, 9.17) is 0 Å². The van der Waals surface area contributed by atoms with Crippen molar-refractivity contribution in [2.75, 3.05) is 0 Å². The summed E-state index contributed by atoms with van der Waals surface area (Å²) in [6, 6.07) is 0. The highest BCUT2D eigenvalue weighted by molar-refractivity contribution is 7.78. The molecule has 0 heterocycles. The van der Waals surface area contributed by atoms with Gasteiger partial charge in [0.05, 0.1) is 5.49 Å². The highest BCUT2D eigenvalue weighted by atomic mass is 32.1. The van der Waals surface area contributed by atoms with Crippen molar-refractivity contribution in [1.29, 1.82) is 0 Å². The average Bonchev–Trinajstić information content (AvgIpc) is 1.69. The molecular formula is C5H9NS. The fraction of sp³-hybridized carbons (Fsp3) is 0.400. The minimum absolute atomic E-state index is 1.05. The van der Waals surface area contributed by atoms with E-state index >= 15 is 0 Å². The van der Waals surface area contributed by atoms with Gasteiger partial charge in [0.15, 0.2) is 0 Å². The molecule has 0 aromatic carbocycles. The van der Waals surface area contributed by atoms with Crippen LogP contribution in [0.4, 0.5) is 0 Å². The SMILES string of the molecule is CC/C=C\NC=S. The van der Waals surface area contributed by atoms with Crippen molar-refractivity contribution in [1.82, 2.24) is 5.32 Å². The molecular weight excluding hydrogens is 106 g/mol. The Balaban J connectivity index is 2.92. The lowest BCUT2D eigenvalue weighted by Crippen LogP contribution is -1.95. The van der Waals surface area contributed by atoms with E-state index in [1.807, 2.05) is 12.3 Å². The molecule has 40 valence electrons. The molecule has 0 atom stereocenters. The van der Waals surface area contributed by atoms with Crippen LogP contribution in [0.5, 0.6) is 0 Å². The summed E-state index contributed by atoms with van der Waals surface area (Å²) in [5.74, 6) is 0. The molecule has 0 aromatic rings. The van der Waals surface area contributed by atoms with Gasteiger partial charge in [-0.2, -0.15) is 0 Å². The van der Waals surface area contributed by atoms with Gasteiger partial charge in [0, 0.05) is 0 Å². The second kappa shape index (κ2) is 5.63. The number of allylic oxidation sites excluding steroid dienone is 1. The van der Waals surface area contributed by atoms with Crippen molar-refractivity contribution in [3.63, 3.8) is 0 Å². The molecule has 0 spiro atoms. The Morgan fingerprint density at radius 1 is 1.71 bits per heavy atom. The van der Waals surface area contributed by atoms with Crippen molar-refractivity contribution < 1.29 is 0 Å². The summed E-state index contributed by atoms with van der Waals surface area (Å²) < 4.78 is 0. The van der Waals surface area contributed by atoms with Crippen LogP contribution >= 0.6 is 12.2 Å². The zero-order valence-corrected chi connectivity index (χ0v) is 5.16. The summed E-state index contributed by atoms with van der Waals surface area (Å²) >= 11 is 4.48. The molecule has 1 nitrogen and oxygen atoms in total. The van der Waals surface area contributed by atoms with Crippen molar-refractivity contribution in [2.24, 2.45) is 0 Å². The highest BCUT2D eigenvalue weighted by Gasteiger charge is 1.60. The Kier molecular flexibility index (Phi) is 5.33. The molecule has 0 bridgehead atoms. The molecule has 7 heavy (non-hydrogen) atoms. The van der Waals surface area contributed by atoms with E-state index in [9.17, 15) is 0 Å². The van der Waals surface area contributed by atoms with Gasteiger partial charge in [0.25, 0.3) is 0 Å². The minimum Gasteiger partial charge on any atom is -0.359 e. The first-order chi connectivity index (χ1) is 3.41. The van der Waals surface area contributed by atoms with Gasteiger partial charge in [0.2, 0.25) is 0 Å². The third kappa shape index (κ3) is 5.63. The maximum atomic E-state index is 4.48. The largest absolute Gasteiger partial charge is 0.359 e. The van der Waals surface area contributed by atoms with E-state index in [0.717, 1.165) is 6.42 Å². The maximum absolute atomic E-state index is 4.48. The van der Waals surface area contributed by atoms with Gasteiger partial charge >= 0.3 is 0 Å². The van der Waals surface area contributed by atoms with Crippen LogP contribution in [0.2, 0.25) is 0 Å². The van der Waals surface area contributed by atoms with Crippen molar-refractivity contribution in [2.45, 2.75) is 13.3 Å². The Morgan fingerprint density at radius 3 is 2.86 bits per heavy atom. The number of hydrogen-bond donors (Lipinski definition) is 1. The lowest BCUT2D eigenvalue weighted by Gasteiger charge is -1.80. The Morgan fingerprint density at radius 2 is 2.43 bits per heavy atom. The molecule has 0 saturated heterocycles. The van der Waals surface area contributed by atoms with Gasteiger partial charge in [0.1, 0.15) is 0 Å². The predicted molar refractivity (Wildman–Crippen MR) is 36.2 cm³/mol. The summed E-state index contributed by atoms with van der Waals surface area (Å²) in [6.07, 6.45) is 4.88. The molecule has 2 heteroatoms. The van der Waals surface area contributed by atoms with Crippen LogP contribution in [0.1, 0.15) is 13.3 Å². The summed E-state index contributed by atoms with van der Waals surface area (Å²) in [6.45, 7) is 2.07. The fourth-order valence-electron chi connectivity index (χ4n) is 0.225. The zero-order valence-electron chi connectivity index (χ0n) is 4.35. The summed E-state index contributed by atoms with van der Waals surface area (Å²) in [5.41, 5.74) is 1.48. The predicted octanol–water partition coefficient (Wildman–Crippen LogP) is 1.46. The lowest BCUT2D eigenvalue weighted by atomic mass is 10.5. The van der Waals surface area contributed by atoms with E-state index in [1.54, 1.807) is 0 Å². The van der Waals surface area contributed by atoms with E-state index in [-0.39, 0.29) is 0 Å². The van der Waals surface area contributed by atoms with Crippen LogP contribution in [0, 0.1) is 0 Å². The average molecular weight is 115 g/mol. The third-order valence-corrected chi connectivity index (χ3v) is 0.654. The molecule has 1 N–H and O–H groups in total. The monoisotopic (exact) mass is 115 g/mol. The number of nitrogens with one attached hydrogen (secondary N) is 1. The van der Waals surface area contributed by atoms with Crippen molar-refractivity contribution in [3.05, 3.63) is 12.3 Å². The number of thiocarbonyl (C=S) groups is 1. The Bertz CT molecular complexity index is 68.5. The first-order valence-electron chi connectivity index (χ1n) is 2.26. The normalized spacial score (nSPS) is 9.29. The number of rotatable bonds is 3. The molecule has 0 aliphatic rings. The highest BCUT2D eigenvalue weighted by Crippen LogP contribution is 1.72. The van der Waals surface area contributed by atoms with Crippen LogP contribution in [-0.2, 0) is 0 Å². The van der Waals surface area contributed by atoms with E-state index in [1.165, 1.54) is 5.49 Å². The van der Waals surface area contributed by atoms with Gasteiger partial charge in [-0.1, -0.05) is 25.2 Å². The van der Waals surface area contributed by atoms with Gasteiger partial charge < -0.3 is 5.32 Å². The van der Waals surface area contributed by atoms with E-state index in [2.05, 4.69) is 24.5 Å². The third-order valence-electron chi connectivity index (χ3n) is 0.518. The zero-order chi connectivity index (χ0) is 5.54. The van der Waals surface area contributed by atoms with Crippen LogP contribution in [0.25, 0.3) is 0 Å². The molecule has 0 unspecified atom stereocenters. The standard InChI is InChI=1S/C5H9NS/c1-2-3-4-6-5-7/h3-5H,2H2,1H3,(H,6,7)/b4-3-. The van der Waals surface area contributed by atoms with Crippen LogP contribution < -0.4 is 5.32 Å². The molecule has 0 amide bonds. The Hall–Kier alpha value is -0.370. The van der Waals surface area contributed by atoms with Gasteiger partial charge in [-0.15, -0.1) is 0 Å². The second-order valence-corrected chi connectivity index (χ2v) is 1.33. The fourth-order valence-corrected chi connectivity index (χ4v) is 0.304. The smallest absolute Gasteiger partial charge is 0.0654 e. The minimum atomic E-state index is 1.05. The molecule has 0 fully saturated rings. The van der Waals surface area contributed by atoms with Gasteiger partial charge in [-0.25, -0.2) is 0 Å². The molecule has 0 rings (SSSR count).